The molecule has 1 aliphatic rings. The third kappa shape index (κ3) is 7.96. The van der Waals surface area contributed by atoms with Crippen molar-refractivity contribution in [3.63, 3.8) is 0 Å². The summed E-state index contributed by atoms with van der Waals surface area (Å²) in [4.78, 5) is 0. The molecule has 132 valence electrons. The Bertz CT molecular complexity index is 456. The maximum Gasteiger partial charge on any atom is 0.0827 e. The second kappa shape index (κ2) is 8.27. The highest BCUT2D eigenvalue weighted by Crippen LogP contribution is 2.27. The molecule has 0 bridgehead atoms. The molecule has 0 aliphatic heterocycles. The van der Waals surface area contributed by atoms with Gasteiger partial charge in [-0.2, -0.15) is 0 Å². The van der Waals surface area contributed by atoms with Gasteiger partial charge in [-0.25, -0.2) is 0 Å². The third-order valence-corrected chi connectivity index (χ3v) is 4.56. The quantitative estimate of drug-likeness (QED) is 0.644. The average Bonchev–Trinajstić information content (AvgIpc) is 2.35. The summed E-state index contributed by atoms with van der Waals surface area (Å²) < 4.78 is 0. The number of hydrogen-bond acceptors (Lipinski definition) is 3. The van der Waals surface area contributed by atoms with Gasteiger partial charge in [0.25, 0.3) is 0 Å². The van der Waals surface area contributed by atoms with Gasteiger partial charge in [0.2, 0.25) is 0 Å². The van der Waals surface area contributed by atoms with E-state index in [1.54, 1.807) is 19.1 Å². The zero-order valence-corrected chi connectivity index (χ0v) is 15.3. The fourth-order valence-electron chi connectivity index (χ4n) is 2.97. The van der Waals surface area contributed by atoms with Crippen LogP contribution >= 0.6 is 0 Å². The largest absolute Gasteiger partial charge is 0.389 e. The Morgan fingerprint density at radius 3 is 2.39 bits per heavy atom. The molecule has 0 spiro atoms. The van der Waals surface area contributed by atoms with E-state index < -0.39 is 17.3 Å². The fraction of sp³-hybridized carbons (Fsp3) is 0.700. The lowest BCUT2D eigenvalue weighted by Crippen LogP contribution is -2.28. The van der Waals surface area contributed by atoms with E-state index in [4.69, 9.17) is 0 Å². The van der Waals surface area contributed by atoms with Crippen molar-refractivity contribution in [3.05, 3.63) is 36.0 Å². The van der Waals surface area contributed by atoms with E-state index in [0.717, 1.165) is 12.0 Å². The van der Waals surface area contributed by atoms with Crippen LogP contribution in [0, 0.1) is 11.8 Å². The van der Waals surface area contributed by atoms with E-state index in [-0.39, 0.29) is 6.42 Å². The van der Waals surface area contributed by atoms with Crippen molar-refractivity contribution in [3.8, 4) is 0 Å². The number of aliphatic hydroxyl groups is 3. The minimum atomic E-state index is -1.04. The zero-order chi connectivity index (χ0) is 17.7. The molecule has 1 aliphatic carbocycles. The number of rotatable bonds is 1. The van der Waals surface area contributed by atoms with E-state index in [2.05, 4.69) is 13.8 Å². The van der Waals surface area contributed by atoms with Crippen LogP contribution in [0.25, 0.3) is 0 Å². The first-order valence-electron chi connectivity index (χ1n) is 8.68. The molecule has 0 radical (unpaired) electrons. The molecule has 3 nitrogen and oxygen atoms in total. The Hall–Kier alpha value is -0.900. The molecule has 0 saturated heterocycles. The summed E-state index contributed by atoms with van der Waals surface area (Å²) in [6, 6.07) is 0. The molecule has 4 atom stereocenters. The van der Waals surface area contributed by atoms with Crippen LogP contribution in [0.1, 0.15) is 60.3 Å². The zero-order valence-electron chi connectivity index (χ0n) is 15.3. The third-order valence-electron chi connectivity index (χ3n) is 4.56. The highest BCUT2D eigenvalue weighted by atomic mass is 16.3. The maximum absolute atomic E-state index is 10.5. The predicted molar refractivity (Wildman–Crippen MR) is 96.1 cm³/mol. The molecule has 0 amide bonds. The van der Waals surface area contributed by atoms with Gasteiger partial charge >= 0.3 is 0 Å². The minimum absolute atomic E-state index is 0.285. The van der Waals surface area contributed by atoms with E-state index in [1.165, 1.54) is 0 Å². The van der Waals surface area contributed by atoms with Crippen LogP contribution in [-0.4, -0.2) is 32.6 Å². The normalized spacial score (nSPS) is 37.5. The van der Waals surface area contributed by atoms with Crippen molar-refractivity contribution in [2.24, 2.45) is 11.8 Å². The van der Waals surface area contributed by atoms with Crippen LogP contribution in [0.3, 0.4) is 0 Å². The second-order valence-corrected chi connectivity index (χ2v) is 7.91. The molecule has 23 heavy (non-hydrogen) atoms. The molecule has 3 N–H and O–H groups in total. The minimum Gasteiger partial charge on any atom is -0.389 e. The summed E-state index contributed by atoms with van der Waals surface area (Å²) >= 11 is 0. The van der Waals surface area contributed by atoms with E-state index in [1.807, 2.05) is 32.1 Å². The summed E-state index contributed by atoms with van der Waals surface area (Å²) in [7, 11) is 0. The molecule has 0 fully saturated rings. The van der Waals surface area contributed by atoms with E-state index >= 15 is 0 Å². The van der Waals surface area contributed by atoms with Crippen molar-refractivity contribution in [2.45, 2.75) is 77.6 Å². The van der Waals surface area contributed by atoms with Crippen molar-refractivity contribution < 1.29 is 15.3 Å². The highest BCUT2D eigenvalue weighted by Gasteiger charge is 2.24. The fourth-order valence-corrected chi connectivity index (χ4v) is 2.97. The Labute approximate surface area is 141 Å². The molecule has 3 heteroatoms. The van der Waals surface area contributed by atoms with Gasteiger partial charge in [-0.15, -0.1) is 0 Å². The van der Waals surface area contributed by atoms with Gasteiger partial charge in [0.15, 0.2) is 0 Å². The summed E-state index contributed by atoms with van der Waals surface area (Å²) in [6.07, 6.45) is 11.3. The number of allylic oxidation sites excluding steroid dienone is 3. The SMILES string of the molecule is CC1=CC(O)CC(C)(O)C=CC(C(C)C)CCC(C)(O)C=CC1. The summed E-state index contributed by atoms with van der Waals surface area (Å²) in [5.41, 5.74) is -0.834. The van der Waals surface area contributed by atoms with Gasteiger partial charge in [0, 0.05) is 6.42 Å². The number of aliphatic hydroxyl groups excluding tert-OH is 1. The first kappa shape index (κ1) is 20.1. The predicted octanol–water partition coefficient (Wildman–Crippen LogP) is 3.75. The molecule has 0 aromatic rings. The standard InChI is InChI=1S/C20H34O3/c1-15(2)17-8-11-19(4,22)10-6-7-16(3)13-18(21)14-20(5,23)12-9-17/h6,9-10,12-13,15,17-18,21-23H,7-8,11,14H2,1-5H3. The molecule has 4 unspecified atom stereocenters. The molecule has 1 rings (SSSR count). The molecule has 0 aromatic carbocycles. The Balaban J connectivity index is 3.06. The Morgan fingerprint density at radius 1 is 1.13 bits per heavy atom. The van der Waals surface area contributed by atoms with Crippen LogP contribution in [0.2, 0.25) is 0 Å². The van der Waals surface area contributed by atoms with Crippen molar-refractivity contribution in [1.29, 1.82) is 0 Å². The summed E-state index contributed by atoms with van der Waals surface area (Å²) in [5.74, 6) is 0.723. The van der Waals surface area contributed by atoms with Gasteiger partial charge in [-0.05, 0) is 51.9 Å². The monoisotopic (exact) mass is 322 g/mol. The van der Waals surface area contributed by atoms with Crippen LogP contribution in [-0.2, 0) is 0 Å². The lowest BCUT2D eigenvalue weighted by atomic mass is 9.84. The van der Waals surface area contributed by atoms with Crippen LogP contribution in [0.15, 0.2) is 36.0 Å². The van der Waals surface area contributed by atoms with Crippen molar-refractivity contribution >= 4 is 0 Å². The van der Waals surface area contributed by atoms with Gasteiger partial charge in [-0.3, -0.25) is 0 Å². The molecule has 0 saturated carbocycles. The number of hydrogen-bond donors (Lipinski definition) is 3. The van der Waals surface area contributed by atoms with Gasteiger partial charge in [-0.1, -0.05) is 49.8 Å². The lowest BCUT2D eigenvalue weighted by molar-refractivity contribution is 0.0563. The summed E-state index contributed by atoms with van der Waals surface area (Å²) in [6.45, 7) is 9.82. The van der Waals surface area contributed by atoms with Crippen LogP contribution in [0.4, 0.5) is 0 Å². The van der Waals surface area contributed by atoms with Crippen LogP contribution in [0.5, 0.6) is 0 Å². The Kier molecular flexibility index (Phi) is 7.25. The molecule has 0 heterocycles. The van der Waals surface area contributed by atoms with E-state index in [9.17, 15) is 15.3 Å². The molecular weight excluding hydrogens is 288 g/mol. The Morgan fingerprint density at radius 2 is 1.78 bits per heavy atom. The van der Waals surface area contributed by atoms with Crippen LogP contribution < -0.4 is 0 Å². The average molecular weight is 322 g/mol. The van der Waals surface area contributed by atoms with Gasteiger partial charge in [0.05, 0.1) is 17.3 Å². The maximum atomic E-state index is 10.5. The second-order valence-electron chi connectivity index (χ2n) is 7.91. The molecular formula is C20H34O3. The van der Waals surface area contributed by atoms with Crippen molar-refractivity contribution in [1.82, 2.24) is 0 Å². The van der Waals surface area contributed by atoms with E-state index in [0.29, 0.717) is 24.7 Å². The highest BCUT2D eigenvalue weighted by molar-refractivity contribution is 5.12. The lowest BCUT2D eigenvalue weighted by Gasteiger charge is -2.26. The molecule has 0 aromatic heterocycles. The first-order valence-corrected chi connectivity index (χ1v) is 8.68. The van der Waals surface area contributed by atoms with Crippen molar-refractivity contribution in [2.75, 3.05) is 0 Å². The smallest absolute Gasteiger partial charge is 0.0827 e. The topological polar surface area (TPSA) is 60.7 Å². The van der Waals surface area contributed by atoms with Gasteiger partial charge < -0.3 is 15.3 Å². The van der Waals surface area contributed by atoms with Gasteiger partial charge in [0.1, 0.15) is 0 Å². The summed E-state index contributed by atoms with van der Waals surface area (Å²) in [5, 5.41) is 31.2. The first-order chi connectivity index (χ1) is 10.5.